The SMILES string of the molecule is CC(C)C[C@H](NC(=O)C(CC(=O)NO)C(C)C)C(=O)N[C@@H](C)C(=O)NCC(=O)NCC(=O)N[C@@H](CCCCNC(=O)CCCC[C@@H]1SC[C@@H]2NC(=O)N[C@@H]21)C(N)=O. The number of unbranched alkanes of at least 4 members (excludes halogenated alkanes) is 2. The van der Waals surface area contributed by atoms with E-state index in [1.165, 1.54) is 12.4 Å². The first-order chi connectivity index (χ1) is 26.9. The first kappa shape index (κ1) is 48.5. The zero-order valence-corrected chi connectivity index (χ0v) is 34.3. The topological polar surface area (TPSA) is 308 Å². The molecule has 2 saturated heterocycles. The first-order valence-electron chi connectivity index (χ1n) is 19.5. The van der Waals surface area contributed by atoms with Crippen LogP contribution in [-0.4, -0.2) is 119 Å². The predicted octanol–water partition coefficient (Wildman–Crippen LogP) is -1.60. The van der Waals surface area contributed by atoms with Crippen LogP contribution >= 0.6 is 11.8 Å². The summed E-state index contributed by atoms with van der Waals surface area (Å²) in [6.45, 7) is 7.88. The highest BCUT2D eigenvalue weighted by Gasteiger charge is 2.42. The lowest BCUT2D eigenvalue weighted by molar-refractivity contribution is -0.138. The zero-order valence-electron chi connectivity index (χ0n) is 33.5. The quantitative estimate of drug-likeness (QED) is 0.0204. The number of nitrogens with two attached hydrogens (primary N) is 1. The summed E-state index contributed by atoms with van der Waals surface area (Å²) in [5.41, 5.74) is 6.95. The molecule has 0 aliphatic carbocycles. The summed E-state index contributed by atoms with van der Waals surface area (Å²) in [6, 6.07) is -2.94. The van der Waals surface area contributed by atoms with E-state index in [-0.39, 0.29) is 55.1 Å². The summed E-state index contributed by atoms with van der Waals surface area (Å²) >= 11 is 1.84. The van der Waals surface area contributed by atoms with Gasteiger partial charge in [-0.15, -0.1) is 0 Å². The molecule has 57 heavy (non-hydrogen) atoms. The Hall–Kier alpha value is -4.66. The van der Waals surface area contributed by atoms with Gasteiger partial charge in [0.05, 0.1) is 25.2 Å². The molecule has 12 N–H and O–H groups in total. The molecule has 0 radical (unpaired) electrons. The molecule has 2 rings (SSSR count). The minimum absolute atomic E-state index is 0.0264. The number of carbonyl (C=O) groups is 9. The third-order valence-corrected chi connectivity index (χ3v) is 11.1. The molecule has 2 aliphatic heterocycles. The van der Waals surface area contributed by atoms with Gasteiger partial charge in [0.2, 0.25) is 47.3 Å². The fourth-order valence-corrected chi connectivity index (χ4v) is 7.94. The van der Waals surface area contributed by atoms with Gasteiger partial charge in [0.1, 0.15) is 18.1 Å². The van der Waals surface area contributed by atoms with Crippen molar-refractivity contribution in [2.24, 2.45) is 23.5 Å². The molecule has 21 heteroatoms. The monoisotopic (exact) mass is 826 g/mol. The van der Waals surface area contributed by atoms with Gasteiger partial charge < -0.3 is 48.3 Å². The van der Waals surface area contributed by atoms with E-state index in [2.05, 4.69) is 42.5 Å². The fraction of sp³-hybridized carbons (Fsp3) is 0.750. The second kappa shape index (κ2) is 24.9. The summed E-state index contributed by atoms with van der Waals surface area (Å²) < 4.78 is 0. The van der Waals surface area contributed by atoms with Crippen molar-refractivity contribution in [1.29, 1.82) is 0 Å². The Morgan fingerprint density at radius 3 is 2.12 bits per heavy atom. The van der Waals surface area contributed by atoms with Crippen LogP contribution in [0.25, 0.3) is 0 Å². The predicted molar refractivity (Wildman–Crippen MR) is 210 cm³/mol. The largest absolute Gasteiger partial charge is 0.368 e. The highest BCUT2D eigenvalue weighted by molar-refractivity contribution is 8.00. The lowest BCUT2D eigenvalue weighted by Gasteiger charge is -2.26. The van der Waals surface area contributed by atoms with Gasteiger partial charge in [-0.05, 0) is 57.3 Å². The first-order valence-corrected chi connectivity index (χ1v) is 20.6. The molecule has 20 nitrogen and oxygen atoms in total. The highest BCUT2D eigenvalue weighted by atomic mass is 32.2. The molecular weight excluding hydrogens is 765 g/mol. The maximum Gasteiger partial charge on any atom is 0.315 e. The molecule has 2 aliphatic rings. The number of urea groups is 1. The second-order valence-corrected chi connectivity index (χ2v) is 16.5. The molecule has 1 unspecified atom stereocenters. The van der Waals surface area contributed by atoms with E-state index in [9.17, 15) is 43.2 Å². The third-order valence-electron chi connectivity index (χ3n) is 9.63. The van der Waals surface area contributed by atoms with E-state index in [4.69, 9.17) is 10.9 Å². The van der Waals surface area contributed by atoms with E-state index < -0.39 is 78.5 Å². The van der Waals surface area contributed by atoms with Crippen LogP contribution in [0.5, 0.6) is 0 Å². The molecule has 2 heterocycles. The molecule has 7 atom stereocenters. The van der Waals surface area contributed by atoms with Crippen molar-refractivity contribution in [1.82, 2.24) is 48.0 Å². The Morgan fingerprint density at radius 2 is 1.47 bits per heavy atom. The maximum atomic E-state index is 13.1. The van der Waals surface area contributed by atoms with Gasteiger partial charge in [0.25, 0.3) is 0 Å². The van der Waals surface area contributed by atoms with Gasteiger partial charge in [-0.25, -0.2) is 10.3 Å². The van der Waals surface area contributed by atoms with E-state index >= 15 is 0 Å². The average Bonchev–Trinajstić information content (AvgIpc) is 3.70. The molecule has 2 fully saturated rings. The van der Waals surface area contributed by atoms with Crippen molar-refractivity contribution in [3.8, 4) is 0 Å². The third kappa shape index (κ3) is 18.0. The number of thioether (sulfide) groups is 1. The van der Waals surface area contributed by atoms with Crippen LogP contribution in [0.15, 0.2) is 0 Å². The Kier molecular flexibility index (Phi) is 21.1. The Labute approximate surface area is 337 Å². The summed E-state index contributed by atoms with van der Waals surface area (Å²) in [4.78, 5) is 111. The van der Waals surface area contributed by atoms with E-state index in [0.29, 0.717) is 31.1 Å². The summed E-state index contributed by atoms with van der Waals surface area (Å²) in [5, 5.41) is 30.3. The normalized spacial score (nSPS) is 19.2. The maximum absolute atomic E-state index is 13.1. The van der Waals surface area contributed by atoms with Gasteiger partial charge in [0, 0.05) is 36.3 Å². The number of hydrogen-bond donors (Lipinski definition) is 11. The molecule has 0 aromatic heterocycles. The van der Waals surface area contributed by atoms with Crippen LogP contribution in [0.2, 0.25) is 0 Å². The molecule has 0 saturated carbocycles. The summed E-state index contributed by atoms with van der Waals surface area (Å²) in [6.07, 6.45) is 4.10. The number of hydroxylamine groups is 1. The fourth-order valence-electron chi connectivity index (χ4n) is 6.39. The standard InChI is InChI=1S/C36H62N10O10S/c1-19(2)14-24(43-34(53)22(20(3)4)15-28(48)46-56)35(54)41-21(5)33(52)40-16-29(49)39-17-30(50)42-23(32(37)51)10-8-9-13-38-27(47)12-7-6-11-26-31-25(18-57-26)44-36(55)45-31/h19-26,31,56H,6-18H2,1-5H3,(H2,37,51)(H,38,47)(H,39,49)(H,40,52)(H,41,54)(H,42,50)(H,43,53)(H,46,48)(H2,44,45,55)/t21-,22?,23-,24-,25-,26-,31-/m0/s1. The minimum atomic E-state index is -1.11. The lowest BCUT2D eigenvalue weighted by Crippen LogP contribution is -2.55. The van der Waals surface area contributed by atoms with E-state index in [1.807, 2.05) is 25.6 Å². The van der Waals surface area contributed by atoms with Crippen LogP contribution < -0.4 is 53.7 Å². The Bertz CT molecular complexity index is 1430. The van der Waals surface area contributed by atoms with Crippen molar-refractivity contribution in [2.45, 2.75) is 128 Å². The van der Waals surface area contributed by atoms with Crippen molar-refractivity contribution < 1.29 is 48.4 Å². The van der Waals surface area contributed by atoms with Gasteiger partial charge in [-0.2, -0.15) is 11.8 Å². The van der Waals surface area contributed by atoms with E-state index in [1.54, 1.807) is 13.8 Å². The number of primary amides is 1. The molecule has 0 bridgehead atoms. The van der Waals surface area contributed by atoms with E-state index in [0.717, 1.165) is 25.0 Å². The minimum Gasteiger partial charge on any atom is -0.368 e. The zero-order chi connectivity index (χ0) is 42.7. The van der Waals surface area contributed by atoms with Crippen LogP contribution in [-0.2, 0) is 38.4 Å². The molecule has 322 valence electrons. The number of carbonyl (C=O) groups excluding carboxylic acids is 9. The van der Waals surface area contributed by atoms with Crippen LogP contribution in [0.4, 0.5) is 4.79 Å². The number of rotatable bonds is 26. The number of hydrogen-bond acceptors (Lipinski definition) is 11. The second-order valence-electron chi connectivity index (χ2n) is 15.2. The van der Waals surface area contributed by atoms with Crippen LogP contribution in [0.1, 0.15) is 92.4 Å². The molecule has 0 aromatic carbocycles. The number of fused-ring (bicyclic) bond motifs is 1. The van der Waals surface area contributed by atoms with Gasteiger partial charge in [0.15, 0.2) is 0 Å². The van der Waals surface area contributed by atoms with Crippen LogP contribution in [0, 0.1) is 17.8 Å². The van der Waals surface area contributed by atoms with Crippen molar-refractivity contribution in [2.75, 3.05) is 25.4 Å². The summed E-state index contributed by atoms with van der Waals surface area (Å²) in [7, 11) is 0. The van der Waals surface area contributed by atoms with Crippen molar-refractivity contribution in [3.05, 3.63) is 0 Å². The number of amides is 10. The summed E-state index contributed by atoms with van der Waals surface area (Å²) in [5.74, 6) is -5.15. The van der Waals surface area contributed by atoms with Crippen molar-refractivity contribution in [3.63, 3.8) is 0 Å². The Morgan fingerprint density at radius 1 is 0.772 bits per heavy atom. The smallest absolute Gasteiger partial charge is 0.315 e. The lowest BCUT2D eigenvalue weighted by atomic mass is 9.90. The molecule has 0 spiro atoms. The molecule has 0 aromatic rings. The number of nitrogens with one attached hydrogen (secondary N) is 9. The van der Waals surface area contributed by atoms with Gasteiger partial charge in [-0.3, -0.25) is 43.6 Å². The molecular formula is C36H62N10O10S. The van der Waals surface area contributed by atoms with Gasteiger partial charge in [-0.1, -0.05) is 34.1 Å². The molecule has 10 amide bonds. The van der Waals surface area contributed by atoms with Gasteiger partial charge >= 0.3 is 6.03 Å². The van der Waals surface area contributed by atoms with Crippen LogP contribution in [0.3, 0.4) is 0 Å². The highest BCUT2D eigenvalue weighted by Crippen LogP contribution is 2.33. The Balaban J connectivity index is 1.65. The average molecular weight is 827 g/mol. The van der Waals surface area contributed by atoms with Crippen molar-refractivity contribution >= 4 is 65.1 Å².